The van der Waals surface area contributed by atoms with Crippen LogP contribution in [0.1, 0.15) is 37.4 Å². The van der Waals surface area contributed by atoms with E-state index in [1.165, 1.54) is 0 Å². The van der Waals surface area contributed by atoms with Crippen molar-refractivity contribution in [3.05, 3.63) is 11.3 Å². The Balaban J connectivity index is 1.65. The molecule has 2 aliphatic heterocycles. The van der Waals surface area contributed by atoms with Gasteiger partial charge in [-0.3, -0.25) is 4.79 Å². The first-order chi connectivity index (χ1) is 11.3. The first-order valence-corrected chi connectivity index (χ1v) is 8.38. The summed E-state index contributed by atoms with van der Waals surface area (Å²) in [5.41, 5.74) is 0.397. The second-order valence-corrected chi connectivity index (χ2v) is 7.08. The quantitative estimate of drug-likeness (QED) is 0.906. The van der Waals surface area contributed by atoms with Gasteiger partial charge in [0.15, 0.2) is 0 Å². The number of carbonyl (C=O) groups is 1. The zero-order chi connectivity index (χ0) is 17.1. The van der Waals surface area contributed by atoms with Gasteiger partial charge in [-0.2, -0.15) is 13.8 Å². The molecule has 0 radical (unpaired) electrons. The van der Waals surface area contributed by atoms with Crippen molar-refractivity contribution in [1.29, 1.82) is 0 Å². The van der Waals surface area contributed by atoms with E-state index in [4.69, 9.17) is 5.11 Å². The van der Waals surface area contributed by atoms with Crippen LogP contribution in [0, 0.1) is 5.92 Å². The fraction of sp³-hybridized carbons (Fsp3) is 0.688. The van der Waals surface area contributed by atoms with E-state index < -0.39 is 11.9 Å². The summed E-state index contributed by atoms with van der Waals surface area (Å²) >= 11 is 0. The van der Waals surface area contributed by atoms with Crippen LogP contribution in [-0.4, -0.2) is 46.7 Å². The van der Waals surface area contributed by atoms with Gasteiger partial charge in [0.25, 0.3) is 5.92 Å². The van der Waals surface area contributed by atoms with E-state index in [0.29, 0.717) is 30.4 Å². The highest BCUT2D eigenvalue weighted by Gasteiger charge is 2.45. The van der Waals surface area contributed by atoms with Crippen LogP contribution in [-0.2, 0) is 17.1 Å². The monoisotopic (exact) mass is 338 g/mol. The van der Waals surface area contributed by atoms with E-state index in [-0.39, 0.29) is 36.9 Å². The molecule has 6 nitrogen and oxygen atoms in total. The molecule has 0 bridgehead atoms. The average Bonchev–Trinajstić information content (AvgIpc) is 2.76. The fourth-order valence-electron chi connectivity index (χ4n) is 3.72. The van der Waals surface area contributed by atoms with Crippen LogP contribution in [0.3, 0.4) is 0 Å². The largest absolute Gasteiger partial charge is 0.481 e. The molecule has 4 rings (SSSR count). The maximum Gasteiger partial charge on any atom is 0.303 e. The summed E-state index contributed by atoms with van der Waals surface area (Å²) in [6.07, 6.45) is 1.16. The number of nitrogens with zero attached hydrogens (tertiary/aromatic N) is 4. The Morgan fingerprint density at radius 1 is 1.38 bits per heavy atom. The Hall–Kier alpha value is -1.99. The third-order valence-electron chi connectivity index (χ3n) is 5.31. The summed E-state index contributed by atoms with van der Waals surface area (Å²) < 4.78 is 28.4. The van der Waals surface area contributed by atoms with E-state index in [1.54, 1.807) is 0 Å². The Morgan fingerprint density at radius 3 is 2.71 bits per heavy atom. The maximum atomic E-state index is 14.2. The molecule has 0 spiro atoms. The molecule has 0 aromatic carbocycles. The van der Waals surface area contributed by atoms with Crippen LogP contribution in [0.2, 0.25) is 0 Å². The van der Waals surface area contributed by atoms with E-state index >= 15 is 0 Å². The first-order valence-electron chi connectivity index (χ1n) is 8.38. The number of fused-ring (bicyclic) bond motifs is 1. The molecular formula is C16H20F2N4O2. The SMILES string of the molecule is CC1CCN1c1nc(N2CC(CC(=O)O)C2)c2c(n1)C(F)(F)CC2. The molecule has 130 valence electrons. The van der Waals surface area contributed by atoms with Gasteiger partial charge in [-0.15, -0.1) is 0 Å². The van der Waals surface area contributed by atoms with Gasteiger partial charge in [-0.1, -0.05) is 0 Å². The van der Waals surface area contributed by atoms with Crippen molar-refractivity contribution in [3.8, 4) is 0 Å². The number of aromatic nitrogens is 2. The molecule has 3 aliphatic rings. The molecule has 3 heterocycles. The summed E-state index contributed by atoms with van der Waals surface area (Å²) in [5.74, 6) is -2.71. The summed E-state index contributed by atoms with van der Waals surface area (Å²) in [6, 6.07) is 0.266. The molecule has 1 unspecified atom stereocenters. The van der Waals surface area contributed by atoms with Gasteiger partial charge in [-0.25, -0.2) is 4.98 Å². The third kappa shape index (κ3) is 2.39. The van der Waals surface area contributed by atoms with Crippen molar-refractivity contribution < 1.29 is 18.7 Å². The molecule has 1 N–H and O–H groups in total. The van der Waals surface area contributed by atoms with Crippen molar-refractivity contribution >= 4 is 17.7 Å². The van der Waals surface area contributed by atoms with Crippen LogP contribution >= 0.6 is 0 Å². The molecular weight excluding hydrogens is 318 g/mol. The molecule has 2 saturated heterocycles. The van der Waals surface area contributed by atoms with Crippen molar-refractivity contribution in [3.63, 3.8) is 0 Å². The van der Waals surface area contributed by atoms with Crippen LogP contribution in [0.15, 0.2) is 0 Å². The summed E-state index contributed by atoms with van der Waals surface area (Å²) in [6.45, 7) is 3.92. The van der Waals surface area contributed by atoms with E-state index in [2.05, 4.69) is 9.97 Å². The lowest BCUT2D eigenvalue weighted by Gasteiger charge is -2.42. The van der Waals surface area contributed by atoms with Crippen molar-refractivity contribution in [1.82, 2.24) is 9.97 Å². The minimum atomic E-state index is -2.90. The summed E-state index contributed by atoms with van der Waals surface area (Å²) in [5, 5.41) is 8.86. The summed E-state index contributed by atoms with van der Waals surface area (Å²) in [4.78, 5) is 23.4. The molecule has 24 heavy (non-hydrogen) atoms. The zero-order valence-electron chi connectivity index (χ0n) is 13.5. The molecule has 1 atom stereocenters. The van der Waals surface area contributed by atoms with Gasteiger partial charge in [0.2, 0.25) is 5.95 Å². The maximum absolute atomic E-state index is 14.2. The molecule has 0 amide bonds. The Morgan fingerprint density at radius 2 is 2.12 bits per heavy atom. The number of alkyl halides is 2. The van der Waals surface area contributed by atoms with E-state index in [1.807, 2.05) is 16.7 Å². The van der Waals surface area contributed by atoms with Crippen LogP contribution < -0.4 is 9.80 Å². The Labute approximate surface area is 138 Å². The number of hydrogen-bond donors (Lipinski definition) is 1. The molecule has 0 saturated carbocycles. The van der Waals surface area contributed by atoms with Gasteiger partial charge in [0.05, 0.1) is 6.42 Å². The minimum Gasteiger partial charge on any atom is -0.481 e. The normalized spacial score (nSPS) is 25.2. The van der Waals surface area contributed by atoms with Crippen LogP contribution in [0.5, 0.6) is 0 Å². The Bertz CT molecular complexity index is 691. The third-order valence-corrected chi connectivity index (χ3v) is 5.31. The van der Waals surface area contributed by atoms with Gasteiger partial charge < -0.3 is 14.9 Å². The number of hydrogen-bond acceptors (Lipinski definition) is 5. The van der Waals surface area contributed by atoms with E-state index in [9.17, 15) is 13.6 Å². The standard InChI is InChI=1S/C16H20F2N4O2/c1-9-3-5-22(9)15-19-13-11(2-4-16(13,17)18)14(20-15)21-7-10(8-21)6-12(23)24/h9-10H,2-8H2,1H3,(H,23,24). The smallest absolute Gasteiger partial charge is 0.303 e. The topological polar surface area (TPSA) is 69.6 Å². The first kappa shape index (κ1) is 15.5. The predicted octanol–water partition coefficient (Wildman–Crippen LogP) is 2.02. The highest BCUT2D eigenvalue weighted by molar-refractivity contribution is 5.68. The number of carboxylic acid groups (broad SMARTS) is 1. The lowest BCUT2D eigenvalue weighted by Crippen LogP contribution is -2.50. The van der Waals surface area contributed by atoms with Gasteiger partial charge >= 0.3 is 5.97 Å². The number of aliphatic carboxylic acids is 1. The van der Waals surface area contributed by atoms with Crippen LogP contribution in [0.4, 0.5) is 20.5 Å². The summed E-state index contributed by atoms with van der Waals surface area (Å²) in [7, 11) is 0. The minimum absolute atomic E-state index is 0.0569. The van der Waals surface area contributed by atoms with Gasteiger partial charge in [0.1, 0.15) is 11.5 Å². The van der Waals surface area contributed by atoms with Crippen molar-refractivity contribution in [2.24, 2.45) is 5.92 Å². The molecule has 2 fully saturated rings. The fourth-order valence-corrected chi connectivity index (χ4v) is 3.72. The molecule has 1 aromatic heterocycles. The number of rotatable bonds is 4. The zero-order valence-corrected chi connectivity index (χ0v) is 13.5. The number of anilines is 2. The van der Waals surface area contributed by atoms with Crippen molar-refractivity contribution in [2.45, 2.75) is 44.6 Å². The highest BCUT2D eigenvalue weighted by Crippen LogP contribution is 2.45. The van der Waals surface area contributed by atoms with Gasteiger partial charge in [-0.05, 0) is 19.8 Å². The number of halogens is 2. The molecule has 8 heteroatoms. The lowest BCUT2D eigenvalue weighted by molar-refractivity contribution is -0.138. The highest BCUT2D eigenvalue weighted by atomic mass is 19.3. The average molecular weight is 338 g/mol. The molecule has 1 aliphatic carbocycles. The second kappa shape index (κ2) is 5.26. The Kier molecular flexibility index (Phi) is 3.40. The van der Waals surface area contributed by atoms with Crippen molar-refractivity contribution in [2.75, 3.05) is 29.4 Å². The molecule has 1 aromatic rings. The van der Waals surface area contributed by atoms with Crippen LogP contribution in [0.25, 0.3) is 0 Å². The van der Waals surface area contributed by atoms with Gasteiger partial charge in [0, 0.05) is 43.6 Å². The van der Waals surface area contributed by atoms with E-state index in [0.717, 1.165) is 13.0 Å². The predicted molar refractivity (Wildman–Crippen MR) is 83.6 cm³/mol. The second-order valence-electron chi connectivity index (χ2n) is 7.08. The lowest BCUT2D eigenvalue weighted by atomic mass is 9.96. The number of carboxylic acids is 1.